The third-order valence-electron chi connectivity index (χ3n) is 3.47. The van der Waals surface area contributed by atoms with E-state index in [9.17, 15) is 9.59 Å². The van der Waals surface area contributed by atoms with Crippen LogP contribution in [0.3, 0.4) is 0 Å². The minimum Gasteiger partial charge on any atom is -0.463 e. The number of hydrogen-bond acceptors (Lipinski definition) is 4. The van der Waals surface area contributed by atoms with Crippen LogP contribution in [0.1, 0.15) is 54.4 Å². The molecule has 0 saturated carbocycles. The number of esters is 2. The Hall–Kier alpha value is -2.10. The number of ether oxygens (including phenoxy) is 2. The molecule has 0 fully saturated rings. The predicted octanol–water partition coefficient (Wildman–Crippen LogP) is 5.17. The molecule has 0 amide bonds. The highest BCUT2D eigenvalue weighted by Gasteiger charge is 2.10. The lowest BCUT2D eigenvalue weighted by atomic mass is 9.91. The molecule has 0 rings (SSSR count). The molecule has 0 spiro atoms. The summed E-state index contributed by atoms with van der Waals surface area (Å²) >= 11 is 0. The lowest BCUT2D eigenvalue weighted by molar-refractivity contribution is -0.138. The van der Waals surface area contributed by atoms with Crippen LogP contribution in [-0.2, 0) is 19.1 Å². The molecule has 0 aliphatic rings. The fourth-order valence-corrected chi connectivity index (χ4v) is 2.02. The number of hydrogen-bond donors (Lipinski definition) is 0. The van der Waals surface area contributed by atoms with Crippen molar-refractivity contribution in [1.82, 2.24) is 0 Å². The van der Waals surface area contributed by atoms with E-state index in [4.69, 9.17) is 9.47 Å². The first-order valence-corrected chi connectivity index (χ1v) is 9.19. The molecule has 0 aromatic heterocycles. The first kappa shape index (κ1) is 23.9. The number of carbonyl (C=O) groups is 2. The van der Waals surface area contributed by atoms with Gasteiger partial charge in [0.1, 0.15) is 0 Å². The van der Waals surface area contributed by atoms with Gasteiger partial charge in [0.25, 0.3) is 0 Å². The van der Waals surface area contributed by atoms with Gasteiger partial charge in [-0.05, 0) is 26.7 Å². The van der Waals surface area contributed by atoms with E-state index in [1.807, 2.05) is 39.8 Å². The van der Waals surface area contributed by atoms with Crippen molar-refractivity contribution in [2.75, 3.05) is 13.2 Å². The van der Waals surface area contributed by atoms with E-state index in [-0.39, 0.29) is 22.8 Å². The zero-order chi connectivity index (χ0) is 20.1. The maximum absolute atomic E-state index is 11.4. The Balaban J connectivity index is 4.37. The van der Waals surface area contributed by atoms with Gasteiger partial charge in [0.15, 0.2) is 0 Å². The first-order chi connectivity index (χ1) is 12.1. The van der Waals surface area contributed by atoms with Crippen LogP contribution in [0.25, 0.3) is 0 Å². The van der Waals surface area contributed by atoms with Gasteiger partial charge in [0.05, 0.1) is 13.2 Å². The molecule has 4 nitrogen and oxygen atoms in total. The van der Waals surface area contributed by atoms with E-state index in [1.54, 1.807) is 13.8 Å². The molecular formula is C22H34O4. The van der Waals surface area contributed by atoms with E-state index in [1.165, 1.54) is 12.2 Å². The topological polar surface area (TPSA) is 52.6 Å². The Bertz CT molecular complexity index is 498. The van der Waals surface area contributed by atoms with Crippen LogP contribution in [-0.4, -0.2) is 25.2 Å². The van der Waals surface area contributed by atoms with Crippen molar-refractivity contribution in [2.45, 2.75) is 54.4 Å². The summed E-state index contributed by atoms with van der Waals surface area (Å²) < 4.78 is 9.76. The van der Waals surface area contributed by atoms with Crippen molar-refractivity contribution >= 4 is 11.9 Å². The second-order valence-corrected chi connectivity index (χ2v) is 7.20. The maximum Gasteiger partial charge on any atom is 0.330 e. The van der Waals surface area contributed by atoms with E-state index >= 15 is 0 Å². The lowest BCUT2D eigenvalue weighted by Crippen LogP contribution is -2.06. The second kappa shape index (κ2) is 12.3. The van der Waals surface area contributed by atoms with Gasteiger partial charge < -0.3 is 9.47 Å². The molecule has 0 aromatic carbocycles. The van der Waals surface area contributed by atoms with E-state index in [0.29, 0.717) is 13.2 Å². The van der Waals surface area contributed by atoms with Crippen molar-refractivity contribution in [3.8, 4) is 0 Å². The summed E-state index contributed by atoms with van der Waals surface area (Å²) in [7, 11) is 0. The average Bonchev–Trinajstić information content (AvgIpc) is 2.55. The standard InChI is InChI=1S/C22H34O4/c1-7-25-19(23)13-17-21(3,4)15-11-9-10-12-16-22(5,6)18-14-20(24)26-8-2/h11-18H,7-10H2,1-6H3. The van der Waals surface area contributed by atoms with Gasteiger partial charge in [-0.3, -0.25) is 0 Å². The first-order valence-electron chi connectivity index (χ1n) is 9.19. The van der Waals surface area contributed by atoms with Crippen LogP contribution < -0.4 is 0 Å². The molecular weight excluding hydrogens is 328 g/mol. The van der Waals surface area contributed by atoms with Gasteiger partial charge in [-0.2, -0.15) is 0 Å². The zero-order valence-corrected chi connectivity index (χ0v) is 17.1. The quantitative estimate of drug-likeness (QED) is 0.220. The maximum atomic E-state index is 11.4. The summed E-state index contributed by atoms with van der Waals surface area (Å²) in [4.78, 5) is 22.7. The van der Waals surface area contributed by atoms with Crippen LogP contribution >= 0.6 is 0 Å². The van der Waals surface area contributed by atoms with Crippen LogP contribution in [0.15, 0.2) is 48.6 Å². The van der Waals surface area contributed by atoms with Crippen molar-refractivity contribution in [2.24, 2.45) is 10.8 Å². The molecule has 0 unspecified atom stereocenters. The molecule has 0 saturated heterocycles. The Morgan fingerprint density at radius 1 is 0.692 bits per heavy atom. The summed E-state index contributed by atoms with van der Waals surface area (Å²) in [5, 5.41) is 0. The molecule has 0 heterocycles. The Morgan fingerprint density at radius 3 is 1.35 bits per heavy atom. The summed E-state index contributed by atoms with van der Waals surface area (Å²) in [6, 6.07) is 0. The van der Waals surface area contributed by atoms with E-state index < -0.39 is 0 Å². The van der Waals surface area contributed by atoms with Crippen molar-refractivity contribution in [3.05, 3.63) is 48.6 Å². The fourth-order valence-electron chi connectivity index (χ4n) is 2.02. The molecule has 4 heteroatoms. The van der Waals surface area contributed by atoms with Gasteiger partial charge in [0.2, 0.25) is 0 Å². The number of allylic oxidation sites excluding steroid dienone is 6. The van der Waals surface area contributed by atoms with Gasteiger partial charge in [-0.25, -0.2) is 9.59 Å². The summed E-state index contributed by atoms with van der Waals surface area (Å²) in [5.74, 6) is -0.620. The molecule has 0 bridgehead atoms. The molecule has 0 N–H and O–H groups in total. The Kier molecular flexibility index (Phi) is 11.3. The normalized spacial score (nSPS) is 13.3. The highest BCUT2D eigenvalue weighted by molar-refractivity contribution is 5.82. The number of unbranched alkanes of at least 4 members (excludes halogenated alkanes) is 1. The van der Waals surface area contributed by atoms with Crippen molar-refractivity contribution in [1.29, 1.82) is 0 Å². The summed E-state index contributed by atoms with van der Waals surface area (Å²) in [5.41, 5.74) is -0.393. The molecule has 0 aliphatic carbocycles. The lowest BCUT2D eigenvalue weighted by Gasteiger charge is -2.14. The Morgan fingerprint density at radius 2 is 1.04 bits per heavy atom. The number of carbonyl (C=O) groups excluding carboxylic acids is 2. The van der Waals surface area contributed by atoms with Crippen LogP contribution in [0.4, 0.5) is 0 Å². The molecule has 0 atom stereocenters. The molecule has 146 valence electrons. The Labute approximate surface area is 158 Å². The minimum absolute atomic E-state index is 0.196. The van der Waals surface area contributed by atoms with Gasteiger partial charge in [-0.1, -0.05) is 64.2 Å². The highest BCUT2D eigenvalue weighted by Crippen LogP contribution is 2.21. The van der Waals surface area contributed by atoms with Crippen molar-refractivity contribution in [3.63, 3.8) is 0 Å². The van der Waals surface area contributed by atoms with Crippen LogP contribution in [0.2, 0.25) is 0 Å². The molecule has 0 aromatic rings. The van der Waals surface area contributed by atoms with Gasteiger partial charge >= 0.3 is 11.9 Å². The number of rotatable bonds is 11. The monoisotopic (exact) mass is 362 g/mol. The van der Waals surface area contributed by atoms with Gasteiger partial charge in [0, 0.05) is 23.0 Å². The molecule has 0 aliphatic heterocycles. The summed E-state index contributed by atoms with van der Waals surface area (Å²) in [6.45, 7) is 12.5. The predicted molar refractivity (Wildman–Crippen MR) is 107 cm³/mol. The fraction of sp³-hybridized carbons (Fsp3) is 0.545. The summed E-state index contributed by atoms with van der Waals surface area (Å²) in [6.07, 6.45) is 16.9. The van der Waals surface area contributed by atoms with E-state index in [0.717, 1.165) is 12.8 Å². The highest BCUT2D eigenvalue weighted by atomic mass is 16.5. The smallest absolute Gasteiger partial charge is 0.330 e. The van der Waals surface area contributed by atoms with Gasteiger partial charge in [-0.15, -0.1) is 0 Å². The largest absolute Gasteiger partial charge is 0.463 e. The average molecular weight is 363 g/mol. The molecule has 26 heavy (non-hydrogen) atoms. The van der Waals surface area contributed by atoms with Crippen LogP contribution in [0.5, 0.6) is 0 Å². The van der Waals surface area contributed by atoms with Crippen molar-refractivity contribution < 1.29 is 19.1 Å². The van der Waals surface area contributed by atoms with E-state index in [2.05, 4.69) is 24.3 Å². The third kappa shape index (κ3) is 13.2. The third-order valence-corrected chi connectivity index (χ3v) is 3.47. The second-order valence-electron chi connectivity index (χ2n) is 7.20. The van der Waals surface area contributed by atoms with Crippen LogP contribution in [0, 0.1) is 10.8 Å². The zero-order valence-electron chi connectivity index (χ0n) is 17.1. The molecule has 0 radical (unpaired) electrons. The SMILES string of the molecule is CCOC(=O)C=CC(C)(C)C=CCCC=CC(C)(C)C=CC(=O)OCC. The minimum atomic E-state index is -0.310.